The minimum absolute atomic E-state index is 0.0836. The van der Waals surface area contributed by atoms with Crippen molar-refractivity contribution >= 4 is 39.5 Å². The molecule has 0 saturated heterocycles. The van der Waals surface area contributed by atoms with Crippen LogP contribution >= 0.6 is 15.6 Å². The molecule has 8 atom stereocenters. The second-order valence-electron chi connectivity index (χ2n) is 26.0. The van der Waals surface area contributed by atoms with E-state index in [-0.39, 0.29) is 25.7 Å². The Balaban J connectivity index is 5.31. The highest BCUT2D eigenvalue weighted by Gasteiger charge is 2.30. The van der Waals surface area contributed by atoms with Gasteiger partial charge in [-0.25, -0.2) is 9.13 Å². The summed E-state index contributed by atoms with van der Waals surface area (Å²) in [5.74, 6) is 0.149. The molecule has 91 heavy (non-hydrogen) atoms. The maximum Gasteiger partial charge on any atom is 0.472 e. The van der Waals surface area contributed by atoms with Crippen molar-refractivity contribution < 1.29 is 80.2 Å². The van der Waals surface area contributed by atoms with Crippen LogP contribution in [0, 0.1) is 17.8 Å². The molecule has 0 bridgehead atoms. The van der Waals surface area contributed by atoms with Crippen LogP contribution in [0.2, 0.25) is 0 Å². The molecule has 0 aromatic rings. The first-order valence-corrected chi connectivity index (χ1v) is 39.8. The quantitative estimate of drug-likeness (QED) is 0.0169. The summed E-state index contributed by atoms with van der Waals surface area (Å²) in [7, 11) is -9.92. The number of phosphoric ester groups is 2. The molecule has 0 aliphatic carbocycles. The van der Waals surface area contributed by atoms with Crippen LogP contribution in [0.3, 0.4) is 0 Å². The summed E-state index contributed by atoms with van der Waals surface area (Å²) in [6, 6.07) is 0. The number of aliphatic hydroxyl groups excluding tert-OH is 1. The van der Waals surface area contributed by atoms with E-state index in [1.54, 1.807) is 0 Å². The number of esters is 4. The summed E-state index contributed by atoms with van der Waals surface area (Å²) < 4.78 is 68.3. The predicted octanol–water partition coefficient (Wildman–Crippen LogP) is 20.2. The lowest BCUT2D eigenvalue weighted by Crippen LogP contribution is -2.30. The molecule has 0 radical (unpaired) electrons. The smallest absolute Gasteiger partial charge is 0.462 e. The number of hydrogen-bond donors (Lipinski definition) is 3. The third-order valence-corrected chi connectivity index (χ3v) is 19.0. The van der Waals surface area contributed by atoms with Gasteiger partial charge in [-0.05, 0) is 69.1 Å². The van der Waals surface area contributed by atoms with Crippen molar-refractivity contribution in [2.75, 3.05) is 39.6 Å². The first-order valence-electron chi connectivity index (χ1n) is 36.8. The minimum Gasteiger partial charge on any atom is -0.462 e. The Bertz CT molecular complexity index is 1880. The molecule has 17 nitrogen and oxygen atoms in total. The van der Waals surface area contributed by atoms with E-state index in [1.165, 1.54) is 128 Å². The minimum atomic E-state index is -4.96. The normalized spacial score (nSPS) is 15.2. The van der Waals surface area contributed by atoms with E-state index in [4.69, 9.17) is 37.0 Å². The molecular formula is C72H136O17P2. The number of carbonyl (C=O) groups excluding carboxylic acids is 4. The fraction of sp³-hybridized carbons (Fsp3) is 0.889. The molecule has 19 heteroatoms. The molecule has 0 amide bonds. The van der Waals surface area contributed by atoms with Crippen LogP contribution in [-0.2, 0) is 65.4 Å². The molecule has 0 heterocycles. The third-order valence-electron chi connectivity index (χ3n) is 17.1. The Kier molecular flexibility index (Phi) is 60.7. The summed E-state index contributed by atoms with van der Waals surface area (Å²) in [6.07, 6.45) is 49.3. The Labute approximate surface area is 554 Å². The highest BCUT2D eigenvalue weighted by atomic mass is 31.2. The zero-order valence-electron chi connectivity index (χ0n) is 58.8. The Hall–Kier alpha value is -2.46. The molecule has 0 aromatic carbocycles. The topological polar surface area (TPSA) is 237 Å². The van der Waals surface area contributed by atoms with Gasteiger partial charge in [0.15, 0.2) is 12.2 Å². The Morgan fingerprint density at radius 2 is 0.615 bits per heavy atom. The van der Waals surface area contributed by atoms with E-state index in [0.29, 0.717) is 25.7 Å². The summed E-state index contributed by atoms with van der Waals surface area (Å²) in [4.78, 5) is 72.6. The van der Waals surface area contributed by atoms with E-state index in [1.807, 2.05) is 0 Å². The lowest BCUT2D eigenvalue weighted by atomic mass is 9.99. The molecular weight excluding hydrogens is 1200 g/mol. The standard InChI is InChI=1S/C72H136O17P2/c1-8-12-13-14-15-16-17-18-19-20-21-25-32-41-48-55-71(76)89-68(60-83-70(75)54-47-40-35-34-38-45-52-65(7)11-4)62-87-91(80,81)85-58-66(73)57-84-90(78,79)86-61-67(59-82-69(74)53-46-39-31-28-27-30-37-44-51-64(6)10-3)88-72(77)56-49-42-33-26-23-22-24-29-36-43-50-63(5)9-2/h16-19,63-68,73H,8-15,20-62H2,1-7H3,(H,78,79)(H,80,81)/b17-16-,19-18-/t63?,64?,65?,66-,67-,68-/m1/s1. The number of phosphoric acid groups is 2. The summed E-state index contributed by atoms with van der Waals surface area (Å²) >= 11 is 0. The zero-order valence-corrected chi connectivity index (χ0v) is 60.6. The lowest BCUT2D eigenvalue weighted by Gasteiger charge is -2.21. The van der Waals surface area contributed by atoms with E-state index in [2.05, 4.69) is 72.8 Å². The SMILES string of the molecule is CCCCCC/C=C\C=C/CCCCCCCC(=O)O[C@H](COC(=O)CCCCCCCCC(C)CC)COP(=O)(O)OC[C@H](O)COP(=O)(O)OC[C@@H](COC(=O)CCCCCCCCCCC(C)CC)OC(=O)CCCCCCCCCCCCC(C)CC. The lowest BCUT2D eigenvalue weighted by molar-refractivity contribution is -0.161. The van der Waals surface area contributed by atoms with Gasteiger partial charge in [-0.2, -0.15) is 0 Å². The molecule has 0 aliphatic heterocycles. The highest BCUT2D eigenvalue weighted by Crippen LogP contribution is 2.45. The van der Waals surface area contributed by atoms with Crippen LogP contribution in [0.4, 0.5) is 0 Å². The van der Waals surface area contributed by atoms with Crippen molar-refractivity contribution in [1.82, 2.24) is 0 Å². The number of aliphatic hydroxyl groups is 1. The van der Waals surface area contributed by atoms with Crippen molar-refractivity contribution in [2.24, 2.45) is 17.8 Å². The Morgan fingerprint density at radius 1 is 0.352 bits per heavy atom. The van der Waals surface area contributed by atoms with Crippen molar-refractivity contribution in [3.8, 4) is 0 Å². The van der Waals surface area contributed by atoms with Gasteiger partial charge in [0.25, 0.3) is 0 Å². The van der Waals surface area contributed by atoms with Crippen LogP contribution in [0.5, 0.6) is 0 Å². The Morgan fingerprint density at radius 3 is 0.923 bits per heavy atom. The molecule has 0 spiro atoms. The fourth-order valence-corrected chi connectivity index (χ4v) is 11.8. The van der Waals surface area contributed by atoms with Gasteiger partial charge in [0.05, 0.1) is 26.4 Å². The average Bonchev–Trinajstić information content (AvgIpc) is 3.40. The van der Waals surface area contributed by atoms with E-state index >= 15 is 0 Å². The van der Waals surface area contributed by atoms with Crippen molar-refractivity contribution in [1.29, 1.82) is 0 Å². The van der Waals surface area contributed by atoms with E-state index in [0.717, 1.165) is 127 Å². The highest BCUT2D eigenvalue weighted by molar-refractivity contribution is 7.47. The van der Waals surface area contributed by atoms with Gasteiger partial charge in [0, 0.05) is 25.7 Å². The maximum absolute atomic E-state index is 13.0. The molecule has 5 unspecified atom stereocenters. The van der Waals surface area contributed by atoms with Gasteiger partial charge >= 0.3 is 39.5 Å². The van der Waals surface area contributed by atoms with Gasteiger partial charge in [-0.1, -0.05) is 285 Å². The van der Waals surface area contributed by atoms with Gasteiger partial charge in [0.1, 0.15) is 19.3 Å². The van der Waals surface area contributed by atoms with E-state index in [9.17, 15) is 43.2 Å². The number of unbranched alkanes of at least 4 members (excludes halogenated alkanes) is 30. The zero-order chi connectivity index (χ0) is 67.3. The van der Waals surface area contributed by atoms with Gasteiger partial charge in [0.2, 0.25) is 0 Å². The predicted molar refractivity (Wildman–Crippen MR) is 367 cm³/mol. The summed E-state index contributed by atoms with van der Waals surface area (Å²) in [5.41, 5.74) is 0. The van der Waals surface area contributed by atoms with Crippen LogP contribution < -0.4 is 0 Å². The first-order chi connectivity index (χ1) is 43.8. The number of carbonyl (C=O) groups is 4. The fourth-order valence-electron chi connectivity index (χ4n) is 10.3. The molecule has 0 fully saturated rings. The van der Waals surface area contributed by atoms with Crippen LogP contribution in [0.15, 0.2) is 24.3 Å². The van der Waals surface area contributed by atoms with Gasteiger partial charge in [-0.3, -0.25) is 37.3 Å². The van der Waals surface area contributed by atoms with E-state index < -0.39 is 97.5 Å². The number of rotatable bonds is 68. The second kappa shape index (κ2) is 62.4. The number of hydrogen-bond acceptors (Lipinski definition) is 15. The van der Waals surface area contributed by atoms with Crippen molar-refractivity contribution in [3.05, 3.63) is 24.3 Å². The number of ether oxygens (including phenoxy) is 4. The van der Waals surface area contributed by atoms with Crippen LogP contribution in [0.1, 0.15) is 337 Å². The third kappa shape index (κ3) is 62.1. The van der Waals surface area contributed by atoms with Crippen LogP contribution in [0.25, 0.3) is 0 Å². The van der Waals surface area contributed by atoms with Crippen molar-refractivity contribution in [2.45, 2.75) is 356 Å². The summed E-state index contributed by atoms with van der Waals surface area (Å²) in [6.45, 7) is 11.8. The van der Waals surface area contributed by atoms with Crippen molar-refractivity contribution in [3.63, 3.8) is 0 Å². The largest absolute Gasteiger partial charge is 0.472 e. The average molecular weight is 1340 g/mol. The summed E-state index contributed by atoms with van der Waals surface area (Å²) in [5, 5.41) is 10.6. The van der Waals surface area contributed by atoms with Crippen LogP contribution in [-0.4, -0.2) is 96.7 Å². The van der Waals surface area contributed by atoms with Gasteiger partial charge < -0.3 is 33.8 Å². The monoisotopic (exact) mass is 1330 g/mol. The first kappa shape index (κ1) is 88.5. The molecule has 0 rings (SSSR count). The molecule has 0 saturated carbocycles. The molecule has 0 aliphatic rings. The maximum atomic E-state index is 13.0. The molecule has 536 valence electrons. The van der Waals surface area contributed by atoms with Gasteiger partial charge in [-0.15, -0.1) is 0 Å². The second-order valence-corrected chi connectivity index (χ2v) is 28.9. The number of allylic oxidation sites excluding steroid dienone is 4. The molecule has 3 N–H and O–H groups in total. The molecule has 0 aromatic heterocycles.